The number of ether oxygens (including phenoxy) is 2. The molecule has 0 saturated heterocycles. The Hall–Kier alpha value is -2.56. The number of fused-ring (bicyclic) bond motifs is 6. The predicted octanol–water partition coefficient (Wildman–Crippen LogP) is 4.26. The van der Waals surface area contributed by atoms with E-state index in [2.05, 4.69) is 11.9 Å². The number of aromatic nitrogens is 1. The van der Waals surface area contributed by atoms with Gasteiger partial charge in [-0.05, 0) is 44.9 Å². The maximum Gasteiger partial charge on any atom is 0.248 e. The Morgan fingerprint density at radius 3 is 2.63 bits per heavy atom. The molecular weight excluding hydrogens is 342 g/mol. The van der Waals surface area contributed by atoms with E-state index >= 15 is 0 Å². The minimum absolute atomic E-state index is 0.000850. The zero-order valence-electron chi connectivity index (χ0n) is 16.4. The first-order valence-electron chi connectivity index (χ1n) is 9.58. The summed E-state index contributed by atoms with van der Waals surface area (Å²) in [6.07, 6.45) is 5.35. The van der Waals surface area contributed by atoms with Crippen LogP contribution in [0.3, 0.4) is 0 Å². The van der Waals surface area contributed by atoms with Crippen molar-refractivity contribution in [1.29, 1.82) is 0 Å². The number of aryl methyl sites for hydroxylation is 1. The summed E-state index contributed by atoms with van der Waals surface area (Å²) in [4.78, 5) is 28.4. The largest absolute Gasteiger partial charge is 0.488 e. The van der Waals surface area contributed by atoms with E-state index in [-0.39, 0.29) is 23.4 Å². The minimum atomic E-state index is -0.481. The molecule has 0 unspecified atom stereocenters. The van der Waals surface area contributed by atoms with Gasteiger partial charge in [0.2, 0.25) is 5.56 Å². The fourth-order valence-corrected chi connectivity index (χ4v) is 3.94. The van der Waals surface area contributed by atoms with E-state index in [0.717, 1.165) is 29.4 Å². The lowest BCUT2D eigenvalue weighted by molar-refractivity contribution is 0.0730. The van der Waals surface area contributed by atoms with E-state index in [1.54, 1.807) is 6.07 Å². The van der Waals surface area contributed by atoms with Crippen molar-refractivity contribution < 1.29 is 14.3 Å². The van der Waals surface area contributed by atoms with Crippen molar-refractivity contribution in [3.63, 3.8) is 0 Å². The van der Waals surface area contributed by atoms with E-state index in [9.17, 15) is 9.59 Å². The summed E-state index contributed by atoms with van der Waals surface area (Å²) in [5, 5.41) is 0.821. The fourth-order valence-electron chi connectivity index (χ4n) is 3.94. The van der Waals surface area contributed by atoms with Crippen LogP contribution in [0, 0.1) is 5.92 Å². The molecule has 1 N–H and O–H groups in total. The number of hydrogen-bond acceptors (Lipinski definition) is 4. The van der Waals surface area contributed by atoms with Crippen molar-refractivity contribution in [3.8, 4) is 11.5 Å². The van der Waals surface area contributed by atoms with Crippen LogP contribution in [0.1, 0.15) is 62.5 Å². The summed E-state index contributed by atoms with van der Waals surface area (Å²) in [5.41, 5.74) is 2.00. The molecule has 5 heteroatoms. The molecule has 4 rings (SSSR count). The quantitative estimate of drug-likeness (QED) is 0.861. The second-order valence-electron chi connectivity index (χ2n) is 8.12. The number of carbonyl (C=O) groups is 1. The molecule has 0 spiro atoms. The van der Waals surface area contributed by atoms with Crippen molar-refractivity contribution in [3.05, 3.63) is 39.2 Å². The monoisotopic (exact) mass is 367 g/mol. The summed E-state index contributed by atoms with van der Waals surface area (Å²) in [6.45, 7) is 9.81. The number of hydrogen-bond donors (Lipinski definition) is 1. The highest BCUT2D eigenvalue weighted by Crippen LogP contribution is 2.48. The maximum absolute atomic E-state index is 13.2. The molecule has 2 aromatic rings. The van der Waals surface area contributed by atoms with Gasteiger partial charge >= 0.3 is 0 Å². The third-order valence-corrected chi connectivity index (χ3v) is 5.52. The predicted molar refractivity (Wildman–Crippen MR) is 106 cm³/mol. The van der Waals surface area contributed by atoms with Crippen LogP contribution in [0.5, 0.6) is 11.5 Å². The Morgan fingerprint density at radius 1 is 1.19 bits per heavy atom. The van der Waals surface area contributed by atoms with E-state index in [4.69, 9.17) is 9.47 Å². The number of nitrogens with one attached hydrogen (secondary N) is 1. The average Bonchev–Trinajstić information content (AvgIpc) is 2.58. The molecule has 0 aliphatic carbocycles. The molecule has 3 heterocycles. The number of aromatic amines is 1. The second kappa shape index (κ2) is 5.98. The Labute approximate surface area is 158 Å². The molecule has 0 fully saturated rings. The molecule has 2 atom stereocenters. The van der Waals surface area contributed by atoms with Gasteiger partial charge in [-0.15, -0.1) is 0 Å². The summed E-state index contributed by atoms with van der Waals surface area (Å²) in [5.74, 6) is 0.927. The van der Waals surface area contributed by atoms with Gasteiger partial charge < -0.3 is 14.5 Å². The van der Waals surface area contributed by atoms with Crippen LogP contribution in [-0.4, -0.2) is 22.5 Å². The number of carbonyl (C=O) groups excluding carboxylic acids is 1. The molecule has 0 radical (unpaired) electrons. The number of H-pyrrole nitrogens is 1. The number of benzene rings is 1. The summed E-state index contributed by atoms with van der Waals surface area (Å²) in [6, 6.07) is 1.62. The SMILES string of the molecule is CCCc1cc(=O)[nH]c2c3c(c4c(c12)OC(C)(C)C=C4)O[C@H](C)[C@H](C)C3=O. The van der Waals surface area contributed by atoms with Gasteiger partial charge in [0.25, 0.3) is 0 Å². The molecule has 0 amide bonds. The molecule has 27 heavy (non-hydrogen) atoms. The molecule has 142 valence electrons. The number of ketones is 1. The van der Waals surface area contributed by atoms with Crippen molar-refractivity contribution in [2.45, 2.75) is 59.2 Å². The molecule has 2 aliphatic rings. The lowest BCUT2D eigenvalue weighted by atomic mass is 9.85. The average molecular weight is 367 g/mol. The fraction of sp³-hybridized carbons (Fsp3) is 0.455. The first kappa shape index (κ1) is 17.8. The number of Topliss-reactive ketones (excluding diaryl/α,β-unsaturated/α-hetero) is 1. The van der Waals surface area contributed by atoms with Crippen LogP contribution in [-0.2, 0) is 6.42 Å². The molecule has 5 nitrogen and oxygen atoms in total. The van der Waals surface area contributed by atoms with Gasteiger partial charge in [-0.25, -0.2) is 0 Å². The Balaban J connectivity index is 2.18. The molecule has 2 aliphatic heterocycles. The van der Waals surface area contributed by atoms with E-state index < -0.39 is 5.60 Å². The molecule has 0 saturated carbocycles. The van der Waals surface area contributed by atoms with Gasteiger partial charge in [-0.3, -0.25) is 9.59 Å². The van der Waals surface area contributed by atoms with E-state index in [0.29, 0.717) is 22.6 Å². The van der Waals surface area contributed by atoms with Crippen LogP contribution in [0.15, 0.2) is 16.9 Å². The summed E-state index contributed by atoms with van der Waals surface area (Å²) in [7, 11) is 0. The highest BCUT2D eigenvalue weighted by Gasteiger charge is 2.38. The van der Waals surface area contributed by atoms with Gasteiger partial charge in [0.15, 0.2) is 5.78 Å². The Bertz CT molecular complexity index is 1040. The highest BCUT2D eigenvalue weighted by molar-refractivity contribution is 6.14. The Kier molecular flexibility index (Phi) is 3.95. The molecular formula is C22H25NO4. The molecule has 0 bridgehead atoms. The van der Waals surface area contributed by atoms with Crippen molar-refractivity contribution >= 4 is 22.8 Å². The van der Waals surface area contributed by atoms with Crippen LogP contribution in [0.25, 0.3) is 17.0 Å². The summed E-state index contributed by atoms with van der Waals surface area (Å²) < 4.78 is 12.5. The normalized spacial score (nSPS) is 22.8. The highest BCUT2D eigenvalue weighted by atomic mass is 16.5. The third kappa shape index (κ3) is 2.68. The Morgan fingerprint density at radius 2 is 1.93 bits per heavy atom. The van der Waals surface area contributed by atoms with Crippen molar-refractivity contribution in [1.82, 2.24) is 4.98 Å². The van der Waals surface area contributed by atoms with E-state index in [1.165, 1.54) is 0 Å². The van der Waals surface area contributed by atoms with Crippen LogP contribution in [0.2, 0.25) is 0 Å². The zero-order valence-corrected chi connectivity index (χ0v) is 16.4. The van der Waals surface area contributed by atoms with Crippen LogP contribution < -0.4 is 15.0 Å². The van der Waals surface area contributed by atoms with Gasteiger partial charge in [-0.1, -0.05) is 20.3 Å². The third-order valence-electron chi connectivity index (χ3n) is 5.52. The number of rotatable bonds is 2. The molecule has 1 aromatic heterocycles. The van der Waals surface area contributed by atoms with Crippen molar-refractivity contribution in [2.24, 2.45) is 5.92 Å². The smallest absolute Gasteiger partial charge is 0.248 e. The minimum Gasteiger partial charge on any atom is -0.488 e. The first-order chi connectivity index (χ1) is 12.7. The van der Waals surface area contributed by atoms with Gasteiger partial charge in [0.05, 0.1) is 22.6 Å². The lowest BCUT2D eigenvalue weighted by Crippen LogP contribution is -2.35. The first-order valence-corrected chi connectivity index (χ1v) is 9.58. The van der Waals surface area contributed by atoms with E-state index in [1.807, 2.05) is 39.8 Å². The lowest BCUT2D eigenvalue weighted by Gasteiger charge is -2.35. The van der Waals surface area contributed by atoms with Gasteiger partial charge in [-0.2, -0.15) is 0 Å². The maximum atomic E-state index is 13.2. The topological polar surface area (TPSA) is 68.4 Å². The van der Waals surface area contributed by atoms with Gasteiger partial charge in [0.1, 0.15) is 23.2 Å². The standard InChI is InChI=1S/C22H25NO4/c1-6-7-13-10-15(24)23-18-16(13)21-14(8-9-22(4,5)27-21)20-17(18)19(25)11(2)12(3)26-20/h8-12H,6-7H2,1-5H3,(H,23,24)/t11-,12+/m0/s1. The number of pyridine rings is 1. The van der Waals surface area contributed by atoms with Crippen LogP contribution in [0.4, 0.5) is 0 Å². The molecule has 1 aromatic carbocycles. The van der Waals surface area contributed by atoms with Gasteiger partial charge in [0, 0.05) is 11.5 Å². The summed E-state index contributed by atoms with van der Waals surface area (Å²) >= 11 is 0. The second-order valence-corrected chi connectivity index (χ2v) is 8.12. The zero-order chi connectivity index (χ0) is 19.5. The van der Waals surface area contributed by atoms with Crippen LogP contribution >= 0.6 is 0 Å². The van der Waals surface area contributed by atoms with Crippen molar-refractivity contribution in [2.75, 3.05) is 0 Å².